The highest BCUT2D eigenvalue weighted by Crippen LogP contribution is 2.19. The molecule has 4 heteroatoms. The summed E-state index contributed by atoms with van der Waals surface area (Å²) in [6.07, 6.45) is 1.12. The van der Waals surface area contributed by atoms with Gasteiger partial charge in [-0.05, 0) is 24.1 Å². The van der Waals surface area contributed by atoms with E-state index in [0.29, 0.717) is 12.8 Å². The van der Waals surface area contributed by atoms with Gasteiger partial charge >= 0.3 is 0 Å². The molecule has 0 unspecified atom stereocenters. The number of aromatic nitrogens is 1. The standard InChI is InChI=1S/C10H10N2OS/c11-10(13)4-2-7-1-3-8-9(5-7)14-6-12-8/h1,3,5-6H,2,4H2,(H2,11,13). The lowest BCUT2D eigenvalue weighted by Crippen LogP contribution is -2.11. The third-order valence-corrected chi connectivity index (χ3v) is 2.85. The third-order valence-electron chi connectivity index (χ3n) is 2.06. The maximum Gasteiger partial charge on any atom is 0.217 e. The van der Waals surface area contributed by atoms with Gasteiger partial charge in [-0.2, -0.15) is 0 Å². The largest absolute Gasteiger partial charge is 0.370 e. The molecule has 0 spiro atoms. The summed E-state index contributed by atoms with van der Waals surface area (Å²) in [7, 11) is 0. The van der Waals surface area contributed by atoms with Gasteiger partial charge in [0, 0.05) is 6.42 Å². The molecule has 0 aliphatic heterocycles. The fourth-order valence-electron chi connectivity index (χ4n) is 1.32. The highest BCUT2D eigenvalue weighted by Gasteiger charge is 2.00. The number of carbonyl (C=O) groups is 1. The minimum atomic E-state index is -0.255. The topological polar surface area (TPSA) is 56.0 Å². The van der Waals surface area contributed by atoms with Crippen LogP contribution in [0.2, 0.25) is 0 Å². The second-order valence-corrected chi connectivity index (χ2v) is 4.01. The number of nitrogens with zero attached hydrogens (tertiary/aromatic N) is 1. The van der Waals surface area contributed by atoms with Gasteiger partial charge in [-0.1, -0.05) is 6.07 Å². The predicted octanol–water partition coefficient (Wildman–Crippen LogP) is 1.71. The van der Waals surface area contributed by atoms with E-state index in [0.717, 1.165) is 15.8 Å². The van der Waals surface area contributed by atoms with Crippen molar-refractivity contribution in [3.05, 3.63) is 29.3 Å². The molecular weight excluding hydrogens is 196 g/mol. The minimum absolute atomic E-state index is 0.255. The maximum absolute atomic E-state index is 10.6. The van der Waals surface area contributed by atoms with E-state index in [9.17, 15) is 4.79 Å². The van der Waals surface area contributed by atoms with E-state index in [2.05, 4.69) is 11.1 Å². The zero-order chi connectivity index (χ0) is 9.97. The SMILES string of the molecule is NC(=O)CCc1ccc2ncsc2c1. The summed E-state index contributed by atoms with van der Waals surface area (Å²) in [6, 6.07) is 6.03. The van der Waals surface area contributed by atoms with Gasteiger partial charge in [0.05, 0.1) is 15.7 Å². The van der Waals surface area contributed by atoms with E-state index >= 15 is 0 Å². The van der Waals surface area contributed by atoms with E-state index in [1.165, 1.54) is 0 Å². The van der Waals surface area contributed by atoms with Gasteiger partial charge in [0.15, 0.2) is 0 Å². The van der Waals surface area contributed by atoms with E-state index in [1.807, 2.05) is 17.6 Å². The molecule has 2 rings (SSSR count). The molecule has 0 fully saturated rings. The molecule has 2 N–H and O–H groups in total. The number of hydrogen-bond donors (Lipinski definition) is 1. The zero-order valence-electron chi connectivity index (χ0n) is 7.56. The highest BCUT2D eigenvalue weighted by atomic mass is 32.1. The molecular formula is C10H10N2OS. The zero-order valence-corrected chi connectivity index (χ0v) is 8.38. The van der Waals surface area contributed by atoms with E-state index < -0.39 is 0 Å². The van der Waals surface area contributed by atoms with Gasteiger partial charge in [0.25, 0.3) is 0 Å². The first-order valence-electron chi connectivity index (χ1n) is 4.36. The summed E-state index contributed by atoms with van der Waals surface area (Å²) in [5, 5.41) is 0. The first-order chi connectivity index (χ1) is 6.75. The van der Waals surface area contributed by atoms with Crippen molar-refractivity contribution in [3.8, 4) is 0 Å². The smallest absolute Gasteiger partial charge is 0.217 e. The predicted molar refractivity (Wildman–Crippen MR) is 57.1 cm³/mol. The van der Waals surface area contributed by atoms with Crippen LogP contribution in [0, 0.1) is 0 Å². The van der Waals surface area contributed by atoms with E-state index in [4.69, 9.17) is 5.73 Å². The second-order valence-electron chi connectivity index (χ2n) is 3.12. The Labute approximate surface area is 85.6 Å². The molecule has 72 valence electrons. The molecule has 3 nitrogen and oxygen atoms in total. The monoisotopic (exact) mass is 206 g/mol. The third kappa shape index (κ3) is 1.90. The lowest BCUT2D eigenvalue weighted by atomic mass is 10.1. The van der Waals surface area contributed by atoms with Gasteiger partial charge in [-0.25, -0.2) is 4.98 Å². The maximum atomic E-state index is 10.6. The number of thiazole rings is 1. The van der Waals surface area contributed by atoms with Crippen LogP contribution in [0.15, 0.2) is 23.7 Å². The van der Waals surface area contributed by atoms with Crippen LogP contribution in [0.1, 0.15) is 12.0 Å². The first kappa shape index (κ1) is 9.15. The number of primary amides is 1. The van der Waals surface area contributed by atoms with Crippen molar-refractivity contribution < 1.29 is 4.79 Å². The molecule has 2 aromatic rings. The summed E-state index contributed by atoms with van der Waals surface area (Å²) in [5.41, 5.74) is 9.06. The number of amides is 1. The Kier molecular flexibility index (Phi) is 2.45. The van der Waals surface area contributed by atoms with Crippen LogP contribution in [0.5, 0.6) is 0 Å². The van der Waals surface area contributed by atoms with Crippen molar-refractivity contribution in [2.24, 2.45) is 5.73 Å². The van der Waals surface area contributed by atoms with Gasteiger partial charge in [0.2, 0.25) is 5.91 Å². The van der Waals surface area contributed by atoms with Crippen LogP contribution in [-0.4, -0.2) is 10.9 Å². The molecule has 1 aromatic heterocycles. The number of benzene rings is 1. The highest BCUT2D eigenvalue weighted by molar-refractivity contribution is 7.16. The van der Waals surface area contributed by atoms with Crippen molar-refractivity contribution >= 4 is 27.5 Å². The molecule has 1 amide bonds. The molecule has 14 heavy (non-hydrogen) atoms. The van der Waals surface area contributed by atoms with Crippen molar-refractivity contribution in [1.82, 2.24) is 4.98 Å². The van der Waals surface area contributed by atoms with Crippen LogP contribution in [0.4, 0.5) is 0 Å². The fourth-order valence-corrected chi connectivity index (χ4v) is 2.06. The van der Waals surface area contributed by atoms with Crippen molar-refractivity contribution in [1.29, 1.82) is 0 Å². The van der Waals surface area contributed by atoms with Gasteiger partial charge < -0.3 is 5.73 Å². The Morgan fingerprint density at radius 3 is 3.14 bits per heavy atom. The van der Waals surface area contributed by atoms with Crippen LogP contribution >= 0.6 is 11.3 Å². The average Bonchev–Trinajstić information content (AvgIpc) is 2.61. The molecule has 0 aliphatic rings. The van der Waals surface area contributed by atoms with Crippen LogP contribution in [0.25, 0.3) is 10.2 Å². The average molecular weight is 206 g/mol. The molecule has 1 aromatic carbocycles. The van der Waals surface area contributed by atoms with Crippen molar-refractivity contribution in [2.45, 2.75) is 12.8 Å². The van der Waals surface area contributed by atoms with Crippen molar-refractivity contribution in [3.63, 3.8) is 0 Å². The van der Waals surface area contributed by atoms with Crippen LogP contribution in [-0.2, 0) is 11.2 Å². The van der Waals surface area contributed by atoms with Gasteiger partial charge in [-0.3, -0.25) is 4.79 Å². The van der Waals surface area contributed by atoms with E-state index in [-0.39, 0.29) is 5.91 Å². The van der Waals surface area contributed by atoms with Crippen LogP contribution < -0.4 is 5.73 Å². The Balaban J connectivity index is 2.21. The summed E-state index contributed by atoms with van der Waals surface area (Å²) >= 11 is 1.61. The summed E-state index contributed by atoms with van der Waals surface area (Å²) < 4.78 is 1.16. The number of aryl methyl sites for hydroxylation is 1. The molecule has 0 radical (unpaired) electrons. The van der Waals surface area contributed by atoms with Crippen LogP contribution in [0.3, 0.4) is 0 Å². The normalized spacial score (nSPS) is 10.6. The number of rotatable bonds is 3. The first-order valence-corrected chi connectivity index (χ1v) is 5.24. The van der Waals surface area contributed by atoms with Gasteiger partial charge in [-0.15, -0.1) is 11.3 Å². The summed E-state index contributed by atoms with van der Waals surface area (Å²) in [6.45, 7) is 0. The molecule has 0 bridgehead atoms. The molecule has 1 heterocycles. The number of nitrogens with two attached hydrogens (primary N) is 1. The Morgan fingerprint density at radius 2 is 2.36 bits per heavy atom. The van der Waals surface area contributed by atoms with Gasteiger partial charge in [0.1, 0.15) is 0 Å². The van der Waals surface area contributed by atoms with Crippen molar-refractivity contribution in [2.75, 3.05) is 0 Å². The van der Waals surface area contributed by atoms with E-state index in [1.54, 1.807) is 11.3 Å². The number of hydrogen-bond acceptors (Lipinski definition) is 3. The fraction of sp³-hybridized carbons (Fsp3) is 0.200. The number of fused-ring (bicyclic) bond motifs is 1. The minimum Gasteiger partial charge on any atom is -0.370 e. The lowest BCUT2D eigenvalue weighted by Gasteiger charge is -1.98. The number of carbonyl (C=O) groups excluding carboxylic acids is 1. The molecule has 0 saturated heterocycles. The molecule has 0 saturated carbocycles. The Hall–Kier alpha value is -1.42. The lowest BCUT2D eigenvalue weighted by molar-refractivity contribution is -0.117. The Morgan fingerprint density at radius 1 is 1.50 bits per heavy atom. The second kappa shape index (κ2) is 3.75. The Bertz CT molecular complexity index is 464. The molecule has 0 atom stereocenters. The summed E-state index contributed by atoms with van der Waals surface area (Å²) in [5.74, 6) is -0.255. The quantitative estimate of drug-likeness (QED) is 0.831. The molecule has 0 aliphatic carbocycles. The summed E-state index contributed by atoms with van der Waals surface area (Å²) in [4.78, 5) is 14.8.